The first-order valence-electron chi connectivity index (χ1n) is 7.02. The summed E-state index contributed by atoms with van der Waals surface area (Å²) in [5.41, 5.74) is 0. The van der Waals surface area contributed by atoms with Crippen LogP contribution < -0.4 is 4.72 Å². The largest absolute Gasteiger partial charge is 0.396 e. The van der Waals surface area contributed by atoms with Gasteiger partial charge in [0.05, 0.1) is 6.61 Å². The Hall–Kier alpha value is -0.250. The number of piperidine rings is 1. The van der Waals surface area contributed by atoms with Gasteiger partial charge in [0.15, 0.2) is 0 Å². The molecule has 20 heavy (non-hydrogen) atoms. The highest BCUT2D eigenvalue weighted by Crippen LogP contribution is 2.18. The zero-order valence-corrected chi connectivity index (χ0v) is 13.2. The Bertz CT molecular complexity index is 356. The number of methoxy groups -OCH3 is 1. The number of likely N-dealkylation sites (N-methyl/N-ethyl adjacent to an activating group) is 1. The Morgan fingerprint density at radius 1 is 1.35 bits per heavy atom. The lowest BCUT2D eigenvalue weighted by Crippen LogP contribution is -2.47. The van der Waals surface area contributed by atoms with E-state index in [1.807, 2.05) is 11.9 Å². The van der Waals surface area contributed by atoms with Gasteiger partial charge >= 0.3 is 0 Å². The van der Waals surface area contributed by atoms with Crippen LogP contribution >= 0.6 is 0 Å². The van der Waals surface area contributed by atoms with E-state index in [9.17, 15) is 8.42 Å². The SMILES string of the molecule is COCCN(C)CCNS(=O)(=O)N1CCC(CO)CC1. The van der Waals surface area contributed by atoms with Crippen LogP contribution in [0.3, 0.4) is 0 Å². The number of aliphatic hydroxyl groups is 1. The van der Waals surface area contributed by atoms with Crippen molar-refractivity contribution >= 4 is 10.2 Å². The molecule has 0 radical (unpaired) electrons. The standard InChI is InChI=1S/C12H27N3O4S/c1-14(9-10-19-2)8-5-13-20(17,18)15-6-3-12(11-16)4-7-15/h12-13,16H,3-11H2,1-2H3. The first kappa shape index (κ1) is 17.8. The van der Waals surface area contributed by atoms with Crippen LogP contribution in [-0.2, 0) is 14.9 Å². The Morgan fingerprint density at radius 3 is 2.55 bits per heavy atom. The van der Waals surface area contributed by atoms with Gasteiger partial charge in [-0.05, 0) is 25.8 Å². The molecule has 0 unspecified atom stereocenters. The van der Waals surface area contributed by atoms with Gasteiger partial charge in [-0.15, -0.1) is 0 Å². The molecular formula is C12H27N3O4S. The van der Waals surface area contributed by atoms with E-state index in [1.54, 1.807) is 7.11 Å². The number of nitrogens with one attached hydrogen (secondary N) is 1. The molecule has 0 aliphatic carbocycles. The molecule has 0 aromatic rings. The fraction of sp³-hybridized carbons (Fsp3) is 1.00. The van der Waals surface area contributed by atoms with Gasteiger partial charge in [-0.1, -0.05) is 0 Å². The van der Waals surface area contributed by atoms with Crippen LogP contribution in [0.1, 0.15) is 12.8 Å². The summed E-state index contributed by atoms with van der Waals surface area (Å²) in [7, 11) is 0.189. The van der Waals surface area contributed by atoms with Crippen LogP contribution in [0.15, 0.2) is 0 Å². The molecule has 2 N–H and O–H groups in total. The van der Waals surface area contributed by atoms with Crippen molar-refractivity contribution in [2.75, 3.05) is 60.1 Å². The van der Waals surface area contributed by atoms with Crippen LogP contribution in [0.2, 0.25) is 0 Å². The highest BCUT2D eigenvalue weighted by Gasteiger charge is 2.27. The second-order valence-electron chi connectivity index (χ2n) is 5.22. The molecule has 0 aromatic carbocycles. The summed E-state index contributed by atoms with van der Waals surface area (Å²) in [6.07, 6.45) is 1.45. The van der Waals surface area contributed by atoms with Gasteiger partial charge in [-0.25, -0.2) is 4.72 Å². The van der Waals surface area contributed by atoms with E-state index < -0.39 is 10.2 Å². The van der Waals surface area contributed by atoms with E-state index in [4.69, 9.17) is 9.84 Å². The zero-order valence-electron chi connectivity index (χ0n) is 12.4. The van der Waals surface area contributed by atoms with Crippen LogP contribution in [0.5, 0.6) is 0 Å². The van der Waals surface area contributed by atoms with Gasteiger partial charge in [-0.3, -0.25) is 0 Å². The molecular weight excluding hydrogens is 282 g/mol. The average molecular weight is 309 g/mol. The number of hydrogen-bond donors (Lipinski definition) is 2. The van der Waals surface area contributed by atoms with Gasteiger partial charge in [0.25, 0.3) is 10.2 Å². The minimum atomic E-state index is -3.39. The maximum Gasteiger partial charge on any atom is 0.279 e. The maximum absolute atomic E-state index is 12.1. The Morgan fingerprint density at radius 2 is 2.00 bits per heavy atom. The van der Waals surface area contributed by atoms with Gasteiger partial charge in [-0.2, -0.15) is 12.7 Å². The summed E-state index contributed by atoms with van der Waals surface area (Å²) in [5, 5.41) is 9.05. The molecule has 1 rings (SSSR count). The predicted octanol–water partition coefficient (Wildman–Crippen LogP) is -0.897. The van der Waals surface area contributed by atoms with E-state index in [0.717, 1.165) is 19.4 Å². The fourth-order valence-corrected chi connectivity index (χ4v) is 3.37. The van der Waals surface area contributed by atoms with Crippen molar-refractivity contribution in [1.82, 2.24) is 13.9 Å². The zero-order chi connectivity index (χ0) is 15.0. The average Bonchev–Trinajstić information content (AvgIpc) is 2.45. The van der Waals surface area contributed by atoms with E-state index in [-0.39, 0.29) is 12.5 Å². The highest BCUT2D eigenvalue weighted by atomic mass is 32.2. The lowest BCUT2D eigenvalue weighted by Gasteiger charge is -2.30. The molecule has 0 amide bonds. The minimum Gasteiger partial charge on any atom is -0.396 e. The van der Waals surface area contributed by atoms with E-state index in [1.165, 1.54) is 4.31 Å². The first-order valence-corrected chi connectivity index (χ1v) is 8.46. The van der Waals surface area contributed by atoms with E-state index in [2.05, 4.69) is 4.72 Å². The first-order chi connectivity index (χ1) is 9.49. The summed E-state index contributed by atoms with van der Waals surface area (Å²) in [6.45, 7) is 3.57. The van der Waals surface area contributed by atoms with Gasteiger partial charge in [0.2, 0.25) is 0 Å². The highest BCUT2D eigenvalue weighted by molar-refractivity contribution is 7.87. The van der Waals surface area contributed by atoms with Crippen LogP contribution in [0, 0.1) is 5.92 Å². The minimum absolute atomic E-state index is 0.144. The van der Waals surface area contributed by atoms with Gasteiger partial charge < -0.3 is 14.7 Å². The van der Waals surface area contributed by atoms with Gasteiger partial charge in [0.1, 0.15) is 0 Å². The summed E-state index contributed by atoms with van der Waals surface area (Å²) >= 11 is 0. The molecule has 1 fully saturated rings. The summed E-state index contributed by atoms with van der Waals surface area (Å²) in [4.78, 5) is 2.02. The summed E-state index contributed by atoms with van der Waals surface area (Å²) < 4.78 is 33.2. The normalized spacial score (nSPS) is 18.8. The van der Waals surface area contributed by atoms with Crippen molar-refractivity contribution < 1.29 is 18.3 Å². The second-order valence-corrected chi connectivity index (χ2v) is 6.98. The Kier molecular flexibility index (Phi) is 7.93. The third kappa shape index (κ3) is 6.02. The van der Waals surface area contributed by atoms with Crippen LogP contribution in [0.4, 0.5) is 0 Å². The summed E-state index contributed by atoms with van der Waals surface area (Å²) in [6, 6.07) is 0. The van der Waals surface area contributed by atoms with Crippen molar-refractivity contribution in [1.29, 1.82) is 0 Å². The number of rotatable bonds is 9. The molecule has 1 aliphatic rings. The maximum atomic E-state index is 12.1. The van der Waals surface area contributed by atoms with Crippen molar-refractivity contribution in [2.45, 2.75) is 12.8 Å². The molecule has 0 saturated carbocycles. The predicted molar refractivity (Wildman–Crippen MR) is 77.7 cm³/mol. The second kappa shape index (κ2) is 8.91. The number of aliphatic hydroxyl groups excluding tert-OH is 1. The molecule has 1 aliphatic heterocycles. The molecule has 0 spiro atoms. The van der Waals surface area contributed by atoms with Crippen molar-refractivity contribution in [2.24, 2.45) is 5.92 Å². The fourth-order valence-electron chi connectivity index (χ4n) is 2.15. The Labute approximate surface area is 122 Å². The quantitative estimate of drug-likeness (QED) is 0.577. The van der Waals surface area contributed by atoms with Crippen molar-refractivity contribution in [3.63, 3.8) is 0 Å². The third-order valence-electron chi connectivity index (χ3n) is 3.63. The topological polar surface area (TPSA) is 82.1 Å². The van der Waals surface area contributed by atoms with E-state index in [0.29, 0.717) is 32.8 Å². The molecule has 0 bridgehead atoms. The molecule has 120 valence electrons. The monoisotopic (exact) mass is 309 g/mol. The smallest absolute Gasteiger partial charge is 0.279 e. The van der Waals surface area contributed by atoms with E-state index >= 15 is 0 Å². The number of nitrogens with zero attached hydrogens (tertiary/aromatic N) is 2. The van der Waals surface area contributed by atoms with Crippen molar-refractivity contribution in [3.8, 4) is 0 Å². The van der Waals surface area contributed by atoms with Crippen molar-refractivity contribution in [3.05, 3.63) is 0 Å². The summed E-state index contributed by atoms with van der Waals surface area (Å²) in [5.74, 6) is 0.238. The lowest BCUT2D eigenvalue weighted by molar-refractivity contribution is 0.161. The molecule has 1 heterocycles. The number of ether oxygens (including phenoxy) is 1. The van der Waals surface area contributed by atoms with Crippen LogP contribution in [-0.4, -0.2) is 82.8 Å². The molecule has 8 heteroatoms. The Balaban J connectivity index is 2.28. The molecule has 0 atom stereocenters. The molecule has 0 aromatic heterocycles. The lowest BCUT2D eigenvalue weighted by atomic mass is 10.00. The third-order valence-corrected chi connectivity index (χ3v) is 5.24. The van der Waals surface area contributed by atoms with Crippen LogP contribution in [0.25, 0.3) is 0 Å². The van der Waals surface area contributed by atoms with Gasteiger partial charge in [0, 0.05) is 46.4 Å². The molecule has 1 saturated heterocycles. The molecule has 7 nitrogen and oxygen atoms in total. The number of hydrogen-bond acceptors (Lipinski definition) is 5.